The van der Waals surface area contributed by atoms with Gasteiger partial charge in [0.25, 0.3) is 0 Å². The van der Waals surface area contributed by atoms with Crippen LogP contribution in [0.15, 0.2) is 48.5 Å². The van der Waals surface area contributed by atoms with Gasteiger partial charge in [0.2, 0.25) is 0 Å². The molecule has 124 valence electrons. The van der Waals surface area contributed by atoms with Crippen molar-refractivity contribution in [3.8, 4) is 16.9 Å². The van der Waals surface area contributed by atoms with Crippen molar-refractivity contribution < 1.29 is 0 Å². The number of nitrogens with zero attached hydrogens (tertiary/aromatic N) is 2. The zero-order valence-electron chi connectivity index (χ0n) is 14.9. The van der Waals surface area contributed by atoms with Gasteiger partial charge in [-0.15, -0.1) is 0 Å². The highest BCUT2D eigenvalue weighted by molar-refractivity contribution is 5.63. The van der Waals surface area contributed by atoms with Crippen LogP contribution in [0.5, 0.6) is 0 Å². The van der Waals surface area contributed by atoms with Gasteiger partial charge in [0.15, 0.2) is 0 Å². The molecule has 0 radical (unpaired) electrons. The van der Waals surface area contributed by atoms with E-state index in [9.17, 15) is 0 Å². The summed E-state index contributed by atoms with van der Waals surface area (Å²) in [5.41, 5.74) is 13.9. The first-order valence-corrected chi connectivity index (χ1v) is 8.46. The molecule has 0 bridgehead atoms. The molecule has 2 aromatic carbocycles. The minimum atomic E-state index is 0.439. The van der Waals surface area contributed by atoms with Crippen molar-refractivity contribution >= 4 is 0 Å². The van der Waals surface area contributed by atoms with Gasteiger partial charge in [-0.3, -0.25) is 0 Å². The SMILES string of the molecule is Cc1ccc(-n2nc(CN)cc2-c2ccc(C(C)C)cc2)cc1C. The molecule has 0 unspecified atom stereocenters. The normalized spacial score (nSPS) is 11.2. The first-order valence-electron chi connectivity index (χ1n) is 8.46. The number of nitrogens with two attached hydrogens (primary N) is 1. The molecule has 3 rings (SSSR count). The van der Waals surface area contributed by atoms with Crippen molar-refractivity contribution in [2.24, 2.45) is 5.73 Å². The van der Waals surface area contributed by atoms with E-state index in [4.69, 9.17) is 10.8 Å². The molecule has 1 aromatic heterocycles. The molecule has 0 fully saturated rings. The van der Waals surface area contributed by atoms with Gasteiger partial charge >= 0.3 is 0 Å². The molecule has 3 heteroatoms. The van der Waals surface area contributed by atoms with E-state index >= 15 is 0 Å². The summed E-state index contributed by atoms with van der Waals surface area (Å²) in [4.78, 5) is 0. The summed E-state index contributed by atoms with van der Waals surface area (Å²) >= 11 is 0. The van der Waals surface area contributed by atoms with Gasteiger partial charge in [0.05, 0.1) is 17.1 Å². The van der Waals surface area contributed by atoms with E-state index in [1.165, 1.54) is 16.7 Å². The molecule has 0 aliphatic rings. The molecule has 24 heavy (non-hydrogen) atoms. The fraction of sp³-hybridized carbons (Fsp3) is 0.286. The first-order chi connectivity index (χ1) is 11.5. The topological polar surface area (TPSA) is 43.8 Å². The third-order valence-corrected chi connectivity index (χ3v) is 4.58. The Morgan fingerprint density at radius 3 is 2.25 bits per heavy atom. The number of hydrogen-bond acceptors (Lipinski definition) is 2. The Balaban J connectivity index is 2.10. The standard InChI is InChI=1S/C21H25N3/c1-14(2)17-6-8-18(9-7-17)21-12-19(13-22)23-24(21)20-10-5-15(3)16(4)11-20/h5-12,14H,13,22H2,1-4H3. The van der Waals surface area contributed by atoms with Gasteiger partial charge in [-0.1, -0.05) is 44.2 Å². The van der Waals surface area contributed by atoms with Crippen LogP contribution in [0.4, 0.5) is 0 Å². The fourth-order valence-corrected chi connectivity index (χ4v) is 2.83. The third kappa shape index (κ3) is 3.13. The molecule has 0 aliphatic carbocycles. The van der Waals surface area contributed by atoms with Gasteiger partial charge in [-0.2, -0.15) is 5.10 Å². The molecule has 3 aromatic rings. The zero-order valence-corrected chi connectivity index (χ0v) is 14.9. The highest BCUT2D eigenvalue weighted by Crippen LogP contribution is 2.27. The smallest absolute Gasteiger partial charge is 0.0771 e. The molecule has 2 N–H and O–H groups in total. The number of rotatable bonds is 4. The maximum absolute atomic E-state index is 5.83. The lowest BCUT2D eigenvalue weighted by Gasteiger charge is -2.11. The second-order valence-corrected chi connectivity index (χ2v) is 6.68. The Bertz CT molecular complexity index is 842. The Morgan fingerprint density at radius 2 is 1.67 bits per heavy atom. The monoisotopic (exact) mass is 319 g/mol. The van der Waals surface area contributed by atoms with Crippen molar-refractivity contribution in [2.75, 3.05) is 0 Å². The minimum absolute atomic E-state index is 0.439. The zero-order chi connectivity index (χ0) is 17.3. The van der Waals surface area contributed by atoms with Crippen LogP contribution in [0.2, 0.25) is 0 Å². The molecular formula is C21H25N3. The summed E-state index contributed by atoms with van der Waals surface area (Å²) in [7, 11) is 0. The van der Waals surface area contributed by atoms with E-state index in [2.05, 4.69) is 76.2 Å². The van der Waals surface area contributed by atoms with Gasteiger partial charge < -0.3 is 5.73 Å². The van der Waals surface area contributed by atoms with Crippen LogP contribution < -0.4 is 5.73 Å². The average molecular weight is 319 g/mol. The van der Waals surface area contributed by atoms with Crippen molar-refractivity contribution in [3.63, 3.8) is 0 Å². The van der Waals surface area contributed by atoms with Crippen LogP contribution in [0.25, 0.3) is 16.9 Å². The third-order valence-electron chi connectivity index (χ3n) is 4.58. The van der Waals surface area contributed by atoms with Gasteiger partial charge in [-0.25, -0.2) is 4.68 Å². The average Bonchev–Trinajstić information content (AvgIpc) is 3.02. The number of aromatic nitrogens is 2. The molecule has 0 atom stereocenters. The van der Waals surface area contributed by atoms with Gasteiger partial charge in [0.1, 0.15) is 0 Å². The molecule has 0 amide bonds. The van der Waals surface area contributed by atoms with E-state index in [0.29, 0.717) is 12.5 Å². The van der Waals surface area contributed by atoms with Crippen molar-refractivity contribution in [2.45, 2.75) is 40.2 Å². The van der Waals surface area contributed by atoms with Crippen molar-refractivity contribution in [1.29, 1.82) is 0 Å². The van der Waals surface area contributed by atoms with Crippen LogP contribution in [0.3, 0.4) is 0 Å². The molecular weight excluding hydrogens is 294 g/mol. The van der Waals surface area contributed by atoms with Gasteiger partial charge in [0, 0.05) is 12.1 Å². The lowest BCUT2D eigenvalue weighted by Crippen LogP contribution is -2.02. The Kier molecular flexibility index (Phi) is 4.54. The molecule has 0 saturated carbocycles. The predicted octanol–water partition coefficient (Wildman–Crippen LogP) is 4.74. The number of hydrogen-bond donors (Lipinski definition) is 1. The summed E-state index contributed by atoms with van der Waals surface area (Å²) in [6.07, 6.45) is 0. The summed E-state index contributed by atoms with van der Waals surface area (Å²) < 4.78 is 2.00. The van der Waals surface area contributed by atoms with E-state index in [-0.39, 0.29) is 0 Å². The second-order valence-electron chi connectivity index (χ2n) is 6.68. The fourth-order valence-electron chi connectivity index (χ4n) is 2.83. The van der Waals surface area contributed by atoms with E-state index in [1.807, 2.05) is 4.68 Å². The molecule has 0 spiro atoms. The lowest BCUT2D eigenvalue weighted by molar-refractivity contribution is 0.836. The van der Waals surface area contributed by atoms with Crippen LogP contribution in [0, 0.1) is 13.8 Å². The summed E-state index contributed by atoms with van der Waals surface area (Å²) in [5.74, 6) is 0.531. The second kappa shape index (κ2) is 6.62. The highest BCUT2D eigenvalue weighted by atomic mass is 15.3. The Labute approximate surface area is 144 Å². The summed E-state index contributed by atoms with van der Waals surface area (Å²) in [6, 6.07) is 17.2. The first kappa shape index (κ1) is 16.5. The van der Waals surface area contributed by atoms with Crippen LogP contribution in [0.1, 0.15) is 42.1 Å². The number of aryl methyl sites for hydroxylation is 2. The molecule has 1 heterocycles. The van der Waals surface area contributed by atoms with Crippen LogP contribution in [-0.4, -0.2) is 9.78 Å². The summed E-state index contributed by atoms with van der Waals surface area (Å²) in [6.45, 7) is 9.11. The van der Waals surface area contributed by atoms with E-state index in [0.717, 1.165) is 22.6 Å². The quantitative estimate of drug-likeness (QED) is 0.755. The van der Waals surface area contributed by atoms with Crippen LogP contribution >= 0.6 is 0 Å². The Morgan fingerprint density at radius 1 is 0.958 bits per heavy atom. The maximum Gasteiger partial charge on any atom is 0.0771 e. The van der Waals surface area contributed by atoms with E-state index in [1.54, 1.807) is 0 Å². The van der Waals surface area contributed by atoms with E-state index < -0.39 is 0 Å². The van der Waals surface area contributed by atoms with Crippen molar-refractivity contribution in [1.82, 2.24) is 9.78 Å². The number of benzene rings is 2. The molecule has 0 saturated heterocycles. The summed E-state index contributed by atoms with van der Waals surface area (Å²) in [5, 5.41) is 4.70. The van der Waals surface area contributed by atoms with Crippen LogP contribution in [-0.2, 0) is 6.54 Å². The van der Waals surface area contributed by atoms with Gasteiger partial charge in [-0.05, 0) is 54.7 Å². The van der Waals surface area contributed by atoms with Crippen molar-refractivity contribution in [3.05, 3.63) is 70.9 Å². The Hall–Kier alpha value is -2.39. The molecule has 0 aliphatic heterocycles. The lowest BCUT2D eigenvalue weighted by atomic mass is 10.0. The molecule has 3 nitrogen and oxygen atoms in total. The maximum atomic E-state index is 5.83. The minimum Gasteiger partial charge on any atom is -0.325 e. The largest absolute Gasteiger partial charge is 0.325 e. The highest BCUT2D eigenvalue weighted by Gasteiger charge is 2.12. The predicted molar refractivity (Wildman–Crippen MR) is 100 cm³/mol.